The van der Waals surface area contributed by atoms with Gasteiger partial charge >= 0.3 is 5.91 Å². The minimum atomic E-state index is -0.470. The second-order valence-corrected chi connectivity index (χ2v) is 4.70. The zero-order valence-corrected chi connectivity index (χ0v) is 10.8. The number of hydrogen-bond donors (Lipinski definition) is 3. The van der Waals surface area contributed by atoms with Crippen molar-refractivity contribution in [2.75, 3.05) is 6.54 Å². The average Bonchev–Trinajstić information content (AvgIpc) is 2.96. The number of nitrogens with one attached hydrogen (secondary N) is 1. The number of aryl methyl sites for hydroxylation is 1. The summed E-state index contributed by atoms with van der Waals surface area (Å²) < 4.78 is 5.34. The molecule has 0 aromatic carbocycles. The van der Waals surface area contributed by atoms with Crippen molar-refractivity contribution in [3.05, 3.63) is 23.2 Å². The van der Waals surface area contributed by atoms with E-state index < -0.39 is 5.91 Å². The summed E-state index contributed by atoms with van der Waals surface area (Å²) in [5.41, 5.74) is 8.26. The number of nitrogens with two attached hydrogens (primary N) is 2. The Morgan fingerprint density at radius 3 is 2.95 bits per heavy atom. The summed E-state index contributed by atoms with van der Waals surface area (Å²) in [5, 5.41) is 0. The van der Waals surface area contributed by atoms with E-state index in [1.54, 1.807) is 13.0 Å². The topological polar surface area (TPSA) is 115 Å². The number of hydrogen-bond acceptors (Lipinski definition) is 5. The molecule has 1 aromatic heterocycles. The number of likely N-dealkylation sites (tertiary alicyclic amines) is 1. The van der Waals surface area contributed by atoms with Crippen LogP contribution in [-0.2, 0) is 11.3 Å². The van der Waals surface area contributed by atoms with Crippen molar-refractivity contribution in [1.29, 1.82) is 0 Å². The molecule has 2 heterocycles. The van der Waals surface area contributed by atoms with Crippen molar-refractivity contribution >= 4 is 11.8 Å². The normalized spacial score (nSPS) is 19.6. The smallest absolute Gasteiger partial charge is 0.300 e. The Bertz CT molecular complexity index is 497. The lowest BCUT2D eigenvalue weighted by atomic mass is 10.2. The molecule has 1 aliphatic heterocycles. The zero-order valence-electron chi connectivity index (χ0n) is 10.8. The van der Waals surface area contributed by atoms with Crippen LogP contribution in [0.3, 0.4) is 0 Å². The molecular weight excluding hydrogens is 248 g/mol. The molecule has 19 heavy (non-hydrogen) atoms. The molecule has 1 fully saturated rings. The second-order valence-electron chi connectivity index (χ2n) is 4.70. The number of hydrazine groups is 1. The number of primary amides is 1. The van der Waals surface area contributed by atoms with Gasteiger partial charge in [0.1, 0.15) is 5.76 Å². The Kier molecular flexibility index (Phi) is 3.87. The predicted octanol–water partition coefficient (Wildman–Crippen LogP) is -0.359. The van der Waals surface area contributed by atoms with Gasteiger partial charge in [-0.1, -0.05) is 0 Å². The van der Waals surface area contributed by atoms with E-state index in [9.17, 15) is 9.59 Å². The van der Waals surface area contributed by atoms with Gasteiger partial charge in [-0.3, -0.25) is 19.9 Å². The Balaban J connectivity index is 2.13. The van der Waals surface area contributed by atoms with E-state index in [0.29, 0.717) is 12.3 Å². The van der Waals surface area contributed by atoms with Crippen LogP contribution in [0.5, 0.6) is 0 Å². The number of furan rings is 1. The fraction of sp³-hybridized carbons (Fsp3) is 0.500. The maximum absolute atomic E-state index is 11.4. The van der Waals surface area contributed by atoms with E-state index in [2.05, 4.69) is 0 Å². The monoisotopic (exact) mass is 266 g/mol. The third-order valence-electron chi connectivity index (χ3n) is 3.44. The van der Waals surface area contributed by atoms with Crippen LogP contribution in [0.1, 0.15) is 34.7 Å². The minimum Gasteiger partial charge on any atom is -0.456 e. The van der Waals surface area contributed by atoms with E-state index in [0.717, 1.165) is 24.9 Å². The molecule has 7 nitrogen and oxygen atoms in total. The third kappa shape index (κ3) is 2.77. The number of nitrogen functional groups attached to an aromatic ring is 1. The van der Waals surface area contributed by atoms with Crippen molar-refractivity contribution in [2.24, 2.45) is 11.6 Å². The van der Waals surface area contributed by atoms with Crippen LogP contribution in [-0.4, -0.2) is 29.3 Å². The van der Waals surface area contributed by atoms with E-state index in [-0.39, 0.29) is 17.7 Å². The molecule has 2 rings (SSSR count). The fourth-order valence-electron chi connectivity index (χ4n) is 2.42. The maximum atomic E-state index is 11.4. The Morgan fingerprint density at radius 2 is 2.32 bits per heavy atom. The van der Waals surface area contributed by atoms with E-state index in [1.165, 1.54) is 0 Å². The van der Waals surface area contributed by atoms with E-state index in [1.807, 2.05) is 10.3 Å². The van der Waals surface area contributed by atoms with Crippen LogP contribution in [0, 0.1) is 6.92 Å². The first-order valence-electron chi connectivity index (χ1n) is 6.16. The molecule has 1 aliphatic rings. The lowest BCUT2D eigenvalue weighted by molar-refractivity contribution is -0.122. The zero-order chi connectivity index (χ0) is 14.0. The summed E-state index contributed by atoms with van der Waals surface area (Å²) in [6.45, 7) is 3.13. The first-order chi connectivity index (χ1) is 9.02. The summed E-state index contributed by atoms with van der Waals surface area (Å²) in [4.78, 5) is 24.7. The highest BCUT2D eigenvalue weighted by Crippen LogP contribution is 2.23. The molecule has 0 aliphatic carbocycles. The molecule has 5 N–H and O–H groups in total. The van der Waals surface area contributed by atoms with Gasteiger partial charge in [0, 0.05) is 12.1 Å². The van der Waals surface area contributed by atoms with Gasteiger partial charge in [0.15, 0.2) is 5.76 Å². The van der Waals surface area contributed by atoms with Crippen LogP contribution < -0.4 is 17.0 Å². The summed E-state index contributed by atoms with van der Waals surface area (Å²) in [5.74, 6) is 5.10. The summed E-state index contributed by atoms with van der Waals surface area (Å²) in [6, 6.07) is 1.41. The number of nitrogens with zero attached hydrogens (tertiary/aromatic N) is 1. The third-order valence-corrected chi connectivity index (χ3v) is 3.44. The lowest BCUT2D eigenvalue weighted by Gasteiger charge is -2.21. The van der Waals surface area contributed by atoms with Gasteiger partial charge in [0.25, 0.3) is 0 Å². The van der Waals surface area contributed by atoms with Gasteiger partial charge in [-0.05, 0) is 32.4 Å². The largest absolute Gasteiger partial charge is 0.456 e. The second kappa shape index (κ2) is 5.41. The maximum Gasteiger partial charge on any atom is 0.300 e. The minimum absolute atomic E-state index is 0.171. The van der Waals surface area contributed by atoms with Gasteiger partial charge < -0.3 is 10.2 Å². The highest BCUT2D eigenvalue weighted by atomic mass is 16.4. The van der Waals surface area contributed by atoms with Gasteiger partial charge in [-0.25, -0.2) is 5.84 Å². The molecule has 104 valence electrons. The molecule has 1 unspecified atom stereocenters. The molecule has 0 spiro atoms. The van der Waals surface area contributed by atoms with Crippen LogP contribution in [0.15, 0.2) is 10.5 Å². The van der Waals surface area contributed by atoms with Crippen LogP contribution >= 0.6 is 0 Å². The van der Waals surface area contributed by atoms with Gasteiger partial charge in [-0.2, -0.15) is 0 Å². The standard InChI is InChI=1S/C12H18N4O3/c1-7-8(5-10(19-7)12(18)15-14)6-16-4-2-3-9(16)11(13)17/h5,9H,2-4,6,14H2,1H3,(H2,13,17)(H,15,18). The van der Waals surface area contributed by atoms with E-state index >= 15 is 0 Å². The van der Waals surface area contributed by atoms with Crippen molar-refractivity contribution < 1.29 is 14.0 Å². The summed E-state index contributed by atoms with van der Waals surface area (Å²) in [7, 11) is 0. The molecule has 1 atom stereocenters. The summed E-state index contributed by atoms with van der Waals surface area (Å²) in [6.07, 6.45) is 1.73. The molecule has 0 radical (unpaired) electrons. The van der Waals surface area contributed by atoms with Crippen molar-refractivity contribution in [1.82, 2.24) is 10.3 Å². The Morgan fingerprint density at radius 1 is 1.58 bits per heavy atom. The fourth-order valence-corrected chi connectivity index (χ4v) is 2.42. The van der Waals surface area contributed by atoms with Crippen LogP contribution in [0.4, 0.5) is 0 Å². The number of carbonyl (C=O) groups is 2. The average molecular weight is 266 g/mol. The van der Waals surface area contributed by atoms with Gasteiger partial charge in [0.2, 0.25) is 5.91 Å². The van der Waals surface area contributed by atoms with Gasteiger partial charge in [0.05, 0.1) is 6.04 Å². The first-order valence-corrected chi connectivity index (χ1v) is 6.16. The molecule has 0 saturated carbocycles. The van der Waals surface area contributed by atoms with Crippen molar-refractivity contribution in [3.8, 4) is 0 Å². The summed E-state index contributed by atoms with van der Waals surface area (Å²) >= 11 is 0. The first kappa shape index (κ1) is 13.6. The Labute approximate surface area is 110 Å². The molecular formula is C12H18N4O3. The molecule has 1 aromatic rings. The van der Waals surface area contributed by atoms with Crippen LogP contribution in [0.25, 0.3) is 0 Å². The highest BCUT2D eigenvalue weighted by Gasteiger charge is 2.29. The SMILES string of the molecule is Cc1oc(C(=O)NN)cc1CN1CCCC1C(N)=O. The molecule has 1 saturated heterocycles. The Hall–Kier alpha value is -1.86. The molecule has 7 heteroatoms. The van der Waals surface area contributed by atoms with Gasteiger partial charge in [-0.15, -0.1) is 0 Å². The molecule has 0 bridgehead atoms. The predicted molar refractivity (Wildman–Crippen MR) is 67.7 cm³/mol. The highest BCUT2D eigenvalue weighted by molar-refractivity contribution is 5.91. The number of carbonyl (C=O) groups excluding carboxylic acids is 2. The van der Waals surface area contributed by atoms with Crippen molar-refractivity contribution in [3.63, 3.8) is 0 Å². The number of amides is 2. The molecule has 2 amide bonds. The number of rotatable bonds is 4. The van der Waals surface area contributed by atoms with Crippen molar-refractivity contribution in [2.45, 2.75) is 32.4 Å². The lowest BCUT2D eigenvalue weighted by Crippen LogP contribution is -2.39. The van der Waals surface area contributed by atoms with Crippen LogP contribution in [0.2, 0.25) is 0 Å². The van der Waals surface area contributed by atoms with E-state index in [4.69, 9.17) is 16.0 Å². The quantitative estimate of drug-likeness (QED) is 0.391.